The van der Waals surface area contributed by atoms with Gasteiger partial charge in [-0.25, -0.2) is 0 Å². The summed E-state index contributed by atoms with van der Waals surface area (Å²) < 4.78 is 32.5. The Balaban J connectivity index is 1.73. The number of hydrogen-bond donors (Lipinski definition) is 18. The maximum absolute atomic E-state index is 14.2. The van der Waals surface area contributed by atoms with E-state index in [1.807, 2.05) is 0 Å². The van der Waals surface area contributed by atoms with Crippen molar-refractivity contribution in [3.8, 4) is 0 Å². The molecule has 0 aliphatic carbocycles. The van der Waals surface area contributed by atoms with Gasteiger partial charge in [-0.1, -0.05) is 71.1 Å². The maximum Gasteiger partial charge on any atom is 0.303 e. The van der Waals surface area contributed by atoms with Gasteiger partial charge in [-0.05, 0) is 32.1 Å². The van der Waals surface area contributed by atoms with Crippen molar-refractivity contribution in [2.45, 2.75) is 220 Å². The second-order valence-corrected chi connectivity index (χ2v) is 21.2. The quantitative estimate of drug-likeness (QED) is 0.0253. The Kier molecular flexibility index (Phi) is 36.5. The third-order valence-corrected chi connectivity index (χ3v) is 14.6. The molecule has 0 saturated carbocycles. The molecule has 0 unspecified atom stereocenters. The summed E-state index contributed by atoms with van der Waals surface area (Å²) in [5.41, 5.74) is 0. The monoisotopic (exact) mass is 1220 g/mol. The second kappa shape index (κ2) is 41.3. The lowest BCUT2D eigenvalue weighted by Crippen LogP contribution is -2.59. The Bertz CT molecular complexity index is 1840. The van der Waals surface area contributed by atoms with Crippen molar-refractivity contribution in [2.75, 3.05) is 78.9 Å². The van der Waals surface area contributed by atoms with Crippen LogP contribution in [0.4, 0.5) is 0 Å². The normalized spacial score (nSPS) is 28.7. The summed E-state index contributed by atoms with van der Waals surface area (Å²) in [5.74, 6) is -4.55. The van der Waals surface area contributed by atoms with Gasteiger partial charge in [0.2, 0.25) is 29.5 Å². The number of ether oxygens (including phenoxy) is 6. The smallest absolute Gasteiger partial charge is 0.303 e. The van der Waals surface area contributed by atoms with Crippen LogP contribution in [0.5, 0.6) is 0 Å². The van der Waals surface area contributed by atoms with E-state index >= 15 is 0 Å². The van der Waals surface area contributed by atoms with Gasteiger partial charge in [0, 0.05) is 39.0 Å². The highest BCUT2D eigenvalue weighted by atomic mass is 16.7. The van der Waals surface area contributed by atoms with Crippen molar-refractivity contribution in [2.24, 2.45) is 0 Å². The number of nitrogens with one attached hydrogen (secondary N) is 5. The number of amides is 5. The van der Waals surface area contributed by atoms with Crippen LogP contribution in [-0.2, 0) is 57.2 Å². The van der Waals surface area contributed by atoms with Gasteiger partial charge in [0.1, 0.15) is 79.3 Å². The number of carboxylic acid groups (broad SMARTS) is 1. The molecule has 18 N–H and O–H groups in total. The highest BCUT2D eigenvalue weighted by molar-refractivity contribution is 5.88. The Morgan fingerprint density at radius 2 is 0.833 bits per heavy atom. The highest BCUT2D eigenvalue weighted by Gasteiger charge is 2.46. The van der Waals surface area contributed by atoms with Crippen LogP contribution in [0.3, 0.4) is 0 Å². The van der Waals surface area contributed by atoms with Gasteiger partial charge < -0.3 is 121 Å². The molecule has 488 valence electrons. The zero-order chi connectivity index (χ0) is 62.1. The number of aliphatic hydroxyl groups excluding tert-OH is 12. The molecule has 3 saturated heterocycles. The van der Waals surface area contributed by atoms with Crippen LogP contribution in [0.25, 0.3) is 0 Å². The summed E-state index contributed by atoms with van der Waals surface area (Å²) in [5, 5.41) is 143. The van der Waals surface area contributed by atoms with Gasteiger partial charge in [0.05, 0.1) is 58.8 Å². The molecule has 3 rings (SSSR count). The Hall–Kier alpha value is -3.94. The zero-order valence-electron chi connectivity index (χ0n) is 48.0. The van der Waals surface area contributed by atoms with E-state index in [2.05, 4.69) is 33.5 Å². The van der Waals surface area contributed by atoms with E-state index in [-0.39, 0.29) is 78.1 Å². The van der Waals surface area contributed by atoms with Crippen LogP contribution in [0.1, 0.15) is 116 Å². The number of carboxylic acids is 1. The first-order chi connectivity index (χ1) is 40.2. The largest absolute Gasteiger partial charge is 0.481 e. The maximum atomic E-state index is 14.2. The van der Waals surface area contributed by atoms with E-state index < -0.39 is 179 Å². The van der Waals surface area contributed by atoms with E-state index in [9.17, 15) is 95.2 Å². The number of hydrogen-bond acceptors (Lipinski definition) is 25. The standard InChI is InChI=1S/C53H96N6O25/c1-2-3-4-5-6-7-8-9-10-11-12-16-36(63)58-31(17-18-39(66)67)49(77)56-19-14-13-15-32(50(78)57-22-25-81-53-48(76)45(73)42(70)35(30-62)84-53)59(26-37(64)54-20-23-79-51-46(74)43(71)40(68)33(28-60)82-51)27-38(65)55-21-24-80-52-47(75)44(72)41(69)34(29-61)83-52/h31-35,40-48,51-53,60-62,68-76H,2-30H2,1H3,(H,54,64)(H,55,65)(H,56,77)(H,57,78)(H,58,63)(H,66,67)/t31-,32-,33+,34+,35+,40+,41+,42+,43-,44-,45-,46-,47-,48-,51-,52-,53-/m0/s1. The SMILES string of the molecule is CCCCCCCCCCCCCC(=O)N[C@@H](CCC(=O)O)C(=O)NCCCC[C@@H](C(=O)NCCO[C@H]1O[C@H](CO)[C@@H](O)[C@H](O)[C@@H]1O)N(CC(=O)NCCO[C@H]1O[C@H](CO)[C@@H](O)[C@H](O)[C@@H]1O)CC(=O)NCCO[C@H]1O[C@H](CO)[C@@H](O)[C@H](O)[C@@H]1O. The number of carbonyl (C=O) groups is 6. The van der Waals surface area contributed by atoms with Gasteiger partial charge in [0.25, 0.3) is 0 Å². The molecule has 0 bridgehead atoms. The average molecular weight is 1220 g/mol. The molecule has 0 radical (unpaired) electrons. The third-order valence-electron chi connectivity index (χ3n) is 14.6. The molecule has 5 amide bonds. The number of carbonyl (C=O) groups excluding carboxylic acids is 5. The molecule has 3 fully saturated rings. The third kappa shape index (κ3) is 26.2. The van der Waals surface area contributed by atoms with Gasteiger partial charge >= 0.3 is 5.97 Å². The van der Waals surface area contributed by atoms with Crippen molar-refractivity contribution in [1.29, 1.82) is 0 Å². The number of rotatable bonds is 43. The molecule has 3 aliphatic rings. The predicted octanol–water partition coefficient (Wildman–Crippen LogP) is -6.21. The fourth-order valence-corrected chi connectivity index (χ4v) is 9.60. The molecule has 3 heterocycles. The average Bonchev–Trinajstić information content (AvgIpc) is 3.26. The summed E-state index contributed by atoms with van der Waals surface area (Å²) in [7, 11) is 0. The molecule has 17 atom stereocenters. The van der Waals surface area contributed by atoms with E-state index in [0.29, 0.717) is 6.42 Å². The van der Waals surface area contributed by atoms with Crippen LogP contribution in [0, 0.1) is 0 Å². The zero-order valence-corrected chi connectivity index (χ0v) is 48.0. The number of aliphatic carboxylic acids is 1. The van der Waals surface area contributed by atoms with Gasteiger partial charge in [-0.2, -0.15) is 0 Å². The first-order valence-corrected chi connectivity index (χ1v) is 29.3. The van der Waals surface area contributed by atoms with Crippen LogP contribution in [-0.4, -0.2) is 290 Å². The lowest BCUT2D eigenvalue weighted by atomic mass is 9.99. The minimum atomic E-state index is -1.76. The molecule has 31 heteroatoms. The fourth-order valence-electron chi connectivity index (χ4n) is 9.60. The lowest BCUT2D eigenvalue weighted by Gasteiger charge is -2.39. The van der Waals surface area contributed by atoms with Crippen LogP contribution in [0.15, 0.2) is 0 Å². The first-order valence-electron chi connectivity index (χ1n) is 29.3. The summed E-state index contributed by atoms with van der Waals surface area (Å²) in [6.45, 7) is -3.28. The summed E-state index contributed by atoms with van der Waals surface area (Å²) in [6.07, 6.45) is -12.3. The topological polar surface area (TPSA) is 484 Å². The molecule has 3 aliphatic heterocycles. The first kappa shape index (κ1) is 74.3. The van der Waals surface area contributed by atoms with Crippen LogP contribution >= 0.6 is 0 Å². The number of aliphatic hydroxyl groups is 12. The van der Waals surface area contributed by atoms with Crippen LogP contribution < -0.4 is 26.6 Å². The highest BCUT2D eigenvalue weighted by Crippen LogP contribution is 2.25. The molecule has 0 spiro atoms. The summed E-state index contributed by atoms with van der Waals surface area (Å²) in [4.78, 5) is 80.6. The Labute approximate surface area is 488 Å². The van der Waals surface area contributed by atoms with Gasteiger partial charge in [-0.3, -0.25) is 33.7 Å². The number of unbranched alkanes of at least 4 members (excludes halogenated alkanes) is 11. The Morgan fingerprint density at radius 1 is 0.440 bits per heavy atom. The van der Waals surface area contributed by atoms with E-state index in [1.165, 1.54) is 43.4 Å². The second-order valence-electron chi connectivity index (χ2n) is 21.2. The summed E-state index contributed by atoms with van der Waals surface area (Å²) in [6, 6.07) is -2.50. The molecular weight excluding hydrogens is 1120 g/mol. The van der Waals surface area contributed by atoms with E-state index in [4.69, 9.17) is 28.4 Å². The fraction of sp³-hybridized carbons (Fsp3) is 0.887. The minimum absolute atomic E-state index is 0.0258. The van der Waals surface area contributed by atoms with Gasteiger partial charge in [-0.15, -0.1) is 0 Å². The molecule has 31 nitrogen and oxygen atoms in total. The van der Waals surface area contributed by atoms with Crippen molar-refractivity contribution in [1.82, 2.24) is 31.5 Å². The molecule has 0 aromatic rings. The van der Waals surface area contributed by atoms with Crippen molar-refractivity contribution < 1.29 is 124 Å². The minimum Gasteiger partial charge on any atom is -0.481 e. The number of nitrogens with zero attached hydrogens (tertiary/aromatic N) is 1. The van der Waals surface area contributed by atoms with E-state index in [1.54, 1.807) is 0 Å². The van der Waals surface area contributed by atoms with Crippen molar-refractivity contribution >= 4 is 35.5 Å². The molecular formula is C53H96N6O25. The molecule has 0 aromatic carbocycles. The Morgan fingerprint density at radius 3 is 1.24 bits per heavy atom. The van der Waals surface area contributed by atoms with Crippen LogP contribution in [0.2, 0.25) is 0 Å². The predicted molar refractivity (Wildman–Crippen MR) is 290 cm³/mol. The summed E-state index contributed by atoms with van der Waals surface area (Å²) >= 11 is 0. The van der Waals surface area contributed by atoms with Crippen molar-refractivity contribution in [3.63, 3.8) is 0 Å². The molecule has 84 heavy (non-hydrogen) atoms. The lowest BCUT2D eigenvalue weighted by molar-refractivity contribution is -0.300. The van der Waals surface area contributed by atoms with Gasteiger partial charge in [0.15, 0.2) is 18.9 Å². The molecule has 0 aromatic heterocycles. The van der Waals surface area contributed by atoms with Crippen molar-refractivity contribution in [3.05, 3.63) is 0 Å². The van der Waals surface area contributed by atoms with E-state index in [0.717, 1.165) is 25.7 Å².